The lowest BCUT2D eigenvalue weighted by Gasteiger charge is -2.07. The van der Waals surface area contributed by atoms with Crippen LogP contribution in [0.4, 0.5) is 20.4 Å². The van der Waals surface area contributed by atoms with Gasteiger partial charge in [-0.15, -0.1) is 0 Å². The van der Waals surface area contributed by atoms with Gasteiger partial charge in [0.05, 0.1) is 11.1 Å². The van der Waals surface area contributed by atoms with Gasteiger partial charge in [-0.1, -0.05) is 6.07 Å². The van der Waals surface area contributed by atoms with Crippen LogP contribution in [0.1, 0.15) is 0 Å². The lowest BCUT2D eigenvalue weighted by Crippen LogP contribution is -2.02. The number of nitrogens with two attached hydrogens (primary N) is 1. The number of aromatic nitrogens is 2. The molecule has 7 nitrogen and oxygen atoms in total. The van der Waals surface area contributed by atoms with Crippen LogP contribution in [-0.4, -0.2) is 14.9 Å². The van der Waals surface area contributed by atoms with Crippen molar-refractivity contribution >= 4 is 11.6 Å². The van der Waals surface area contributed by atoms with E-state index in [0.29, 0.717) is 6.20 Å². The molecule has 0 spiro atoms. The summed E-state index contributed by atoms with van der Waals surface area (Å²) in [6.07, 6.45) is 0.713. The molecule has 0 aliphatic rings. The number of rotatable bonds is 3. The quantitative estimate of drug-likeness (QED) is 0.674. The summed E-state index contributed by atoms with van der Waals surface area (Å²) in [6.45, 7) is 0. The minimum Gasteiger partial charge on any atom is -0.426 e. The Kier molecular flexibility index (Phi) is 3.19. The predicted molar refractivity (Wildman–Crippen MR) is 59.5 cm³/mol. The Morgan fingerprint density at radius 2 is 2.05 bits per heavy atom. The van der Waals surface area contributed by atoms with E-state index in [1.54, 1.807) is 0 Å². The molecule has 0 aliphatic heterocycles. The molecule has 0 saturated carbocycles. The van der Waals surface area contributed by atoms with Crippen LogP contribution in [0, 0.1) is 21.7 Å². The van der Waals surface area contributed by atoms with E-state index in [1.165, 1.54) is 0 Å². The highest BCUT2D eigenvalue weighted by Gasteiger charge is 2.22. The van der Waals surface area contributed by atoms with E-state index in [2.05, 4.69) is 9.97 Å². The van der Waals surface area contributed by atoms with E-state index in [1.807, 2.05) is 0 Å². The smallest absolute Gasteiger partial charge is 0.314 e. The van der Waals surface area contributed by atoms with Crippen molar-refractivity contribution in [3.8, 4) is 11.6 Å². The number of nitro benzene ring substituents is 1. The summed E-state index contributed by atoms with van der Waals surface area (Å²) in [5.74, 6) is -3.79. The zero-order valence-electron chi connectivity index (χ0n) is 9.21. The summed E-state index contributed by atoms with van der Waals surface area (Å²) in [5.41, 5.74) is 4.56. The van der Waals surface area contributed by atoms with Crippen molar-refractivity contribution in [2.75, 3.05) is 5.73 Å². The number of anilines is 1. The topological polar surface area (TPSA) is 104 Å². The van der Waals surface area contributed by atoms with Gasteiger partial charge in [-0.3, -0.25) is 10.1 Å². The zero-order valence-corrected chi connectivity index (χ0v) is 9.21. The summed E-state index contributed by atoms with van der Waals surface area (Å²) < 4.78 is 31.6. The molecule has 0 radical (unpaired) electrons. The Hall–Kier alpha value is -2.84. The summed E-state index contributed by atoms with van der Waals surface area (Å²) in [5, 5.41) is 10.7. The van der Waals surface area contributed by atoms with E-state index < -0.39 is 33.9 Å². The third-order valence-corrected chi connectivity index (χ3v) is 2.07. The monoisotopic (exact) mass is 268 g/mol. The van der Waals surface area contributed by atoms with Crippen molar-refractivity contribution in [1.82, 2.24) is 9.97 Å². The molecule has 0 saturated heterocycles. The van der Waals surface area contributed by atoms with Crippen LogP contribution in [0.3, 0.4) is 0 Å². The fraction of sp³-hybridized carbons (Fsp3) is 0. The molecule has 2 aromatic rings. The maximum Gasteiger partial charge on any atom is 0.314 e. The van der Waals surface area contributed by atoms with Crippen LogP contribution < -0.4 is 10.5 Å². The fourth-order valence-corrected chi connectivity index (χ4v) is 1.27. The highest BCUT2D eigenvalue weighted by atomic mass is 19.1. The standard InChI is InChI=1S/C10H6F2N4O3/c11-5-2-1-3-7(16(17)18)8(5)19-9-6(12)4-14-10(13)15-9/h1-4H,(H2,13,14,15). The fourth-order valence-electron chi connectivity index (χ4n) is 1.27. The maximum absolute atomic E-state index is 13.5. The van der Waals surface area contributed by atoms with Gasteiger partial charge in [0.25, 0.3) is 5.88 Å². The molecule has 0 atom stereocenters. The van der Waals surface area contributed by atoms with Crippen LogP contribution in [0.5, 0.6) is 11.6 Å². The lowest BCUT2D eigenvalue weighted by molar-refractivity contribution is -0.385. The van der Waals surface area contributed by atoms with Crippen molar-refractivity contribution in [2.45, 2.75) is 0 Å². The van der Waals surface area contributed by atoms with Crippen LogP contribution in [0.2, 0.25) is 0 Å². The summed E-state index contributed by atoms with van der Waals surface area (Å²) >= 11 is 0. The second-order valence-corrected chi connectivity index (χ2v) is 3.33. The van der Waals surface area contributed by atoms with E-state index in [-0.39, 0.29) is 5.95 Å². The molecule has 1 heterocycles. The van der Waals surface area contributed by atoms with Crippen molar-refractivity contribution < 1.29 is 18.4 Å². The first-order valence-corrected chi connectivity index (χ1v) is 4.88. The Balaban J connectivity index is 2.49. The van der Waals surface area contributed by atoms with Gasteiger partial charge in [0.1, 0.15) is 0 Å². The lowest BCUT2D eigenvalue weighted by atomic mass is 10.3. The number of halogens is 2. The Morgan fingerprint density at radius 3 is 2.74 bits per heavy atom. The first-order valence-electron chi connectivity index (χ1n) is 4.88. The van der Waals surface area contributed by atoms with Gasteiger partial charge < -0.3 is 10.5 Å². The minimum atomic E-state index is -1.02. The minimum absolute atomic E-state index is 0.310. The average molecular weight is 268 g/mol. The number of hydrogen-bond acceptors (Lipinski definition) is 6. The molecular formula is C10H6F2N4O3. The number of para-hydroxylation sites is 1. The molecule has 98 valence electrons. The van der Waals surface area contributed by atoms with Crippen LogP contribution in [0.15, 0.2) is 24.4 Å². The highest BCUT2D eigenvalue weighted by Crippen LogP contribution is 2.33. The molecule has 0 bridgehead atoms. The van der Waals surface area contributed by atoms with Crippen molar-refractivity contribution in [2.24, 2.45) is 0 Å². The summed E-state index contributed by atoms with van der Waals surface area (Å²) in [7, 11) is 0. The number of benzene rings is 1. The molecule has 2 rings (SSSR count). The molecule has 19 heavy (non-hydrogen) atoms. The van der Waals surface area contributed by atoms with E-state index in [4.69, 9.17) is 10.5 Å². The van der Waals surface area contributed by atoms with E-state index in [0.717, 1.165) is 18.2 Å². The van der Waals surface area contributed by atoms with Gasteiger partial charge >= 0.3 is 5.69 Å². The second kappa shape index (κ2) is 4.80. The molecular weight excluding hydrogens is 262 g/mol. The normalized spacial score (nSPS) is 10.2. The molecule has 0 fully saturated rings. The van der Waals surface area contributed by atoms with Crippen molar-refractivity contribution in [3.63, 3.8) is 0 Å². The van der Waals surface area contributed by atoms with Crippen LogP contribution in [-0.2, 0) is 0 Å². The van der Waals surface area contributed by atoms with Gasteiger partial charge in [0.15, 0.2) is 5.82 Å². The van der Waals surface area contributed by atoms with Gasteiger partial charge in [0, 0.05) is 6.07 Å². The molecule has 0 aliphatic carbocycles. The second-order valence-electron chi connectivity index (χ2n) is 3.33. The van der Waals surface area contributed by atoms with Gasteiger partial charge in [-0.05, 0) is 6.07 Å². The van der Waals surface area contributed by atoms with Crippen molar-refractivity contribution in [1.29, 1.82) is 0 Å². The summed E-state index contributed by atoms with van der Waals surface area (Å²) in [6, 6.07) is 3.08. The number of hydrogen-bond donors (Lipinski definition) is 1. The van der Waals surface area contributed by atoms with Crippen LogP contribution in [0.25, 0.3) is 0 Å². The average Bonchev–Trinajstić information content (AvgIpc) is 2.35. The highest BCUT2D eigenvalue weighted by molar-refractivity contribution is 5.48. The Morgan fingerprint density at radius 1 is 1.32 bits per heavy atom. The number of nitrogen functional groups attached to an aromatic ring is 1. The van der Waals surface area contributed by atoms with Gasteiger partial charge in [-0.25, -0.2) is 9.37 Å². The molecule has 1 aromatic carbocycles. The third-order valence-electron chi connectivity index (χ3n) is 2.07. The van der Waals surface area contributed by atoms with E-state index >= 15 is 0 Å². The Bertz CT molecular complexity index is 651. The number of nitro groups is 1. The molecule has 2 N–H and O–H groups in total. The predicted octanol–water partition coefficient (Wildman–Crippen LogP) is 2.04. The molecule has 0 unspecified atom stereocenters. The summed E-state index contributed by atoms with van der Waals surface area (Å²) in [4.78, 5) is 16.6. The zero-order chi connectivity index (χ0) is 14.0. The SMILES string of the molecule is Nc1ncc(F)c(Oc2c(F)cccc2[N+](=O)[O-])n1. The first-order chi connectivity index (χ1) is 8.99. The number of nitrogens with zero attached hydrogens (tertiary/aromatic N) is 3. The molecule has 0 amide bonds. The number of ether oxygens (including phenoxy) is 1. The molecule has 1 aromatic heterocycles. The van der Waals surface area contributed by atoms with Gasteiger partial charge in [-0.2, -0.15) is 9.37 Å². The first kappa shape index (κ1) is 12.6. The van der Waals surface area contributed by atoms with E-state index in [9.17, 15) is 18.9 Å². The third kappa shape index (κ3) is 2.54. The maximum atomic E-state index is 13.5. The van der Waals surface area contributed by atoms with Crippen LogP contribution >= 0.6 is 0 Å². The largest absolute Gasteiger partial charge is 0.426 e. The van der Waals surface area contributed by atoms with Gasteiger partial charge in [0.2, 0.25) is 17.5 Å². The van der Waals surface area contributed by atoms with Crippen molar-refractivity contribution in [3.05, 3.63) is 46.1 Å². The Labute approximate surface area is 104 Å². The molecule has 9 heteroatoms.